The summed E-state index contributed by atoms with van der Waals surface area (Å²) in [6.45, 7) is 6.24. The fourth-order valence-corrected chi connectivity index (χ4v) is 0.481. The smallest absolute Gasteiger partial charge is 0.343 e. The van der Waals surface area contributed by atoms with Crippen LogP contribution in [0.2, 0.25) is 0 Å². The van der Waals surface area contributed by atoms with Crippen LogP contribution in [0.5, 0.6) is 0 Å². The minimum Gasteiger partial charge on any atom is -0.461 e. The normalized spacial score (nSPS) is 16.2. The van der Waals surface area contributed by atoms with Gasteiger partial charge in [-0.25, -0.2) is 9.18 Å². The number of carbonyl (C=O) groups is 1. The molecule has 0 aromatic carbocycles. The van der Waals surface area contributed by atoms with Gasteiger partial charge in [0.25, 0.3) is 0 Å². The van der Waals surface area contributed by atoms with Crippen LogP contribution in [0, 0.1) is 0 Å². The van der Waals surface area contributed by atoms with Crippen molar-refractivity contribution < 1.29 is 13.9 Å². The maximum absolute atomic E-state index is 13.1. The van der Waals surface area contributed by atoms with Gasteiger partial charge in [-0.1, -0.05) is 6.92 Å². The highest BCUT2D eigenvalue weighted by Gasteiger charge is 2.32. The molecule has 0 fully saturated rings. The van der Waals surface area contributed by atoms with Gasteiger partial charge < -0.3 is 4.74 Å². The molecule has 0 bridgehead atoms. The maximum Gasteiger partial charge on any atom is 0.343 e. The van der Waals surface area contributed by atoms with Crippen molar-refractivity contribution in [2.45, 2.75) is 45.9 Å². The van der Waals surface area contributed by atoms with Gasteiger partial charge in [0.05, 0.1) is 6.10 Å². The third-order valence-electron chi connectivity index (χ3n) is 1.43. The first-order chi connectivity index (χ1) is 4.90. The summed E-state index contributed by atoms with van der Waals surface area (Å²) < 4.78 is 17.8. The molecule has 0 N–H and O–H groups in total. The molecule has 3 heteroatoms. The zero-order valence-corrected chi connectivity index (χ0v) is 7.48. The first-order valence-electron chi connectivity index (χ1n) is 3.80. The molecule has 0 radical (unpaired) electrons. The molecule has 66 valence electrons. The average molecular weight is 162 g/mol. The maximum atomic E-state index is 13.1. The lowest BCUT2D eigenvalue weighted by atomic mass is 10.1. The van der Waals surface area contributed by atoms with Gasteiger partial charge in [0.2, 0.25) is 5.67 Å². The van der Waals surface area contributed by atoms with Crippen LogP contribution < -0.4 is 0 Å². The van der Waals surface area contributed by atoms with Gasteiger partial charge in [0, 0.05) is 0 Å². The van der Waals surface area contributed by atoms with E-state index in [9.17, 15) is 9.18 Å². The van der Waals surface area contributed by atoms with Crippen molar-refractivity contribution in [2.75, 3.05) is 0 Å². The van der Waals surface area contributed by atoms with Crippen LogP contribution in [0.15, 0.2) is 0 Å². The molecule has 0 rings (SSSR count). The average Bonchev–Trinajstić information content (AvgIpc) is 1.86. The van der Waals surface area contributed by atoms with E-state index in [-0.39, 0.29) is 12.5 Å². The second-order valence-corrected chi connectivity index (χ2v) is 3.01. The van der Waals surface area contributed by atoms with E-state index in [1.54, 1.807) is 20.8 Å². The van der Waals surface area contributed by atoms with Crippen LogP contribution >= 0.6 is 0 Å². The topological polar surface area (TPSA) is 26.3 Å². The van der Waals surface area contributed by atoms with Crippen molar-refractivity contribution in [1.29, 1.82) is 0 Å². The molecule has 0 aromatic heterocycles. The molecule has 0 aliphatic carbocycles. The molecule has 0 spiro atoms. The Labute approximate surface area is 66.7 Å². The summed E-state index contributed by atoms with van der Waals surface area (Å²) in [6.07, 6.45) is -0.0948. The van der Waals surface area contributed by atoms with Crippen LogP contribution in [-0.2, 0) is 9.53 Å². The van der Waals surface area contributed by atoms with Gasteiger partial charge in [-0.2, -0.15) is 0 Å². The number of hydrogen-bond donors (Lipinski definition) is 0. The molecule has 0 amide bonds. The van der Waals surface area contributed by atoms with E-state index in [2.05, 4.69) is 0 Å². The number of esters is 1. The minimum atomic E-state index is -1.83. The summed E-state index contributed by atoms with van der Waals surface area (Å²) in [5.74, 6) is -0.769. The summed E-state index contributed by atoms with van der Waals surface area (Å²) in [5.41, 5.74) is -1.83. The van der Waals surface area contributed by atoms with E-state index in [0.29, 0.717) is 0 Å². The number of ether oxygens (including phenoxy) is 1. The third kappa shape index (κ3) is 3.35. The van der Waals surface area contributed by atoms with Gasteiger partial charge in [-0.15, -0.1) is 0 Å². The zero-order chi connectivity index (χ0) is 9.07. The van der Waals surface area contributed by atoms with Gasteiger partial charge in [0.15, 0.2) is 0 Å². The Hall–Kier alpha value is -0.600. The molecule has 0 saturated heterocycles. The SMILES string of the molecule is CCC(C)(F)C(=O)OC(C)C. The molecule has 11 heavy (non-hydrogen) atoms. The number of halogens is 1. The standard InChI is InChI=1S/C8H15FO2/c1-5-8(4,9)7(10)11-6(2)3/h6H,5H2,1-4H3. The first-order valence-corrected chi connectivity index (χ1v) is 3.80. The monoisotopic (exact) mass is 162 g/mol. The predicted molar refractivity (Wildman–Crippen MR) is 41.0 cm³/mol. The van der Waals surface area contributed by atoms with Crippen LogP contribution in [0.4, 0.5) is 4.39 Å². The molecule has 1 atom stereocenters. The van der Waals surface area contributed by atoms with E-state index in [1.807, 2.05) is 0 Å². The Kier molecular flexibility index (Phi) is 3.49. The number of rotatable bonds is 3. The first kappa shape index (κ1) is 10.4. The van der Waals surface area contributed by atoms with Gasteiger partial charge in [0.1, 0.15) is 0 Å². The molecule has 0 saturated carbocycles. The van der Waals surface area contributed by atoms with E-state index in [1.165, 1.54) is 6.92 Å². The fourth-order valence-electron chi connectivity index (χ4n) is 0.481. The summed E-state index contributed by atoms with van der Waals surface area (Å²) in [6, 6.07) is 0. The minimum absolute atomic E-state index is 0.151. The van der Waals surface area contributed by atoms with Crippen LogP contribution in [0.1, 0.15) is 34.1 Å². The molecule has 0 heterocycles. The van der Waals surface area contributed by atoms with E-state index in [4.69, 9.17) is 4.74 Å². The molecule has 0 aliphatic rings. The Morgan fingerprint density at radius 3 is 2.36 bits per heavy atom. The van der Waals surface area contributed by atoms with Crippen molar-refractivity contribution in [1.82, 2.24) is 0 Å². The Bertz CT molecular complexity index is 141. The fraction of sp³-hybridized carbons (Fsp3) is 0.875. The quantitative estimate of drug-likeness (QED) is 0.594. The lowest BCUT2D eigenvalue weighted by molar-refractivity contribution is -0.160. The summed E-state index contributed by atoms with van der Waals surface area (Å²) in [7, 11) is 0. The van der Waals surface area contributed by atoms with Gasteiger partial charge in [-0.05, 0) is 27.2 Å². The number of carbonyl (C=O) groups excluding carboxylic acids is 1. The predicted octanol–water partition coefficient (Wildman–Crippen LogP) is 2.08. The summed E-state index contributed by atoms with van der Waals surface area (Å²) in [5, 5.41) is 0. The highest BCUT2D eigenvalue weighted by molar-refractivity contribution is 5.78. The van der Waals surface area contributed by atoms with Gasteiger partial charge in [-0.3, -0.25) is 0 Å². The molecule has 2 nitrogen and oxygen atoms in total. The second-order valence-electron chi connectivity index (χ2n) is 3.01. The third-order valence-corrected chi connectivity index (χ3v) is 1.43. The number of hydrogen-bond acceptors (Lipinski definition) is 2. The largest absolute Gasteiger partial charge is 0.461 e. The summed E-state index contributed by atoms with van der Waals surface area (Å²) in [4.78, 5) is 10.9. The van der Waals surface area contributed by atoms with Crippen LogP contribution in [0.25, 0.3) is 0 Å². The molecular weight excluding hydrogens is 147 g/mol. The number of alkyl halides is 1. The molecule has 1 unspecified atom stereocenters. The van der Waals surface area contributed by atoms with Crippen LogP contribution in [0.3, 0.4) is 0 Å². The summed E-state index contributed by atoms with van der Waals surface area (Å²) >= 11 is 0. The lowest BCUT2D eigenvalue weighted by Crippen LogP contribution is -2.33. The van der Waals surface area contributed by atoms with Gasteiger partial charge >= 0.3 is 5.97 Å². The zero-order valence-electron chi connectivity index (χ0n) is 7.48. The van der Waals surface area contributed by atoms with Crippen molar-refractivity contribution in [3.8, 4) is 0 Å². The lowest BCUT2D eigenvalue weighted by Gasteiger charge is -2.18. The van der Waals surface area contributed by atoms with E-state index in [0.717, 1.165) is 0 Å². The van der Waals surface area contributed by atoms with E-state index >= 15 is 0 Å². The molecule has 0 aliphatic heterocycles. The van der Waals surface area contributed by atoms with Crippen molar-refractivity contribution in [3.63, 3.8) is 0 Å². The Morgan fingerprint density at radius 1 is 1.64 bits per heavy atom. The van der Waals surface area contributed by atoms with Crippen molar-refractivity contribution in [2.24, 2.45) is 0 Å². The second kappa shape index (κ2) is 3.69. The molecule has 0 aromatic rings. The van der Waals surface area contributed by atoms with Crippen molar-refractivity contribution in [3.05, 3.63) is 0 Å². The molecular formula is C8H15FO2. The highest BCUT2D eigenvalue weighted by atomic mass is 19.1. The highest BCUT2D eigenvalue weighted by Crippen LogP contribution is 2.17. The van der Waals surface area contributed by atoms with Crippen molar-refractivity contribution >= 4 is 5.97 Å². The Morgan fingerprint density at radius 2 is 2.09 bits per heavy atom. The van der Waals surface area contributed by atoms with Crippen LogP contribution in [-0.4, -0.2) is 17.7 Å². The van der Waals surface area contributed by atoms with E-state index < -0.39 is 11.6 Å². The Balaban J connectivity index is 4.02.